The summed E-state index contributed by atoms with van der Waals surface area (Å²) in [6.07, 6.45) is 6.29. The summed E-state index contributed by atoms with van der Waals surface area (Å²) in [6.45, 7) is 7.92. The van der Waals surface area contributed by atoms with Gasteiger partial charge in [-0.25, -0.2) is 34.2 Å². The van der Waals surface area contributed by atoms with Crippen molar-refractivity contribution in [3.05, 3.63) is 54.1 Å². The van der Waals surface area contributed by atoms with Crippen LogP contribution in [0.15, 0.2) is 36.7 Å². The van der Waals surface area contributed by atoms with Gasteiger partial charge in [-0.1, -0.05) is 12.8 Å². The average molecular weight is 622 g/mol. The number of aromatic nitrogens is 5. The lowest BCUT2D eigenvalue weighted by Gasteiger charge is -2.35. The predicted molar refractivity (Wildman–Crippen MR) is 165 cm³/mol. The smallest absolute Gasteiger partial charge is 0.243 e. The van der Waals surface area contributed by atoms with E-state index in [0.717, 1.165) is 31.1 Å². The average Bonchev–Trinajstić information content (AvgIpc) is 3.37. The van der Waals surface area contributed by atoms with Crippen LogP contribution in [0.1, 0.15) is 57.8 Å². The van der Waals surface area contributed by atoms with Gasteiger partial charge in [0.1, 0.15) is 22.9 Å². The highest BCUT2D eigenvalue weighted by Crippen LogP contribution is 2.30. The topological polar surface area (TPSA) is 141 Å². The number of anilines is 3. The Morgan fingerprint density at radius 3 is 2.53 bits per heavy atom. The number of imidazole rings is 1. The van der Waals surface area contributed by atoms with Crippen LogP contribution in [0.2, 0.25) is 0 Å². The Hall–Kier alpha value is -4.72. The molecule has 0 aliphatic carbocycles. The number of amides is 2. The van der Waals surface area contributed by atoms with Crippen molar-refractivity contribution in [1.29, 1.82) is 0 Å². The Labute approximate surface area is 259 Å². The molecule has 1 aromatic carbocycles. The van der Waals surface area contributed by atoms with Crippen molar-refractivity contribution >= 4 is 40.3 Å². The summed E-state index contributed by atoms with van der Waals surface area (Å²) in [4.78, 5) is 44.8. The molecular weight excluding hydrogens is 584 g/mol. The normalized spacial score (nSPS) is 13.6. The molecule has 2 amide bonds. The van der Waals surface area contributed by atoms with E-state index in [1.807, 2.05) is 34.3 Å². The third-order valence-corrected chi connectivity index (χ3v) is 7.84. The van der Waals surface area contributed by atoms with Crippen molar-refractivity contribution in [1.82, 2.24) is 34.9 Å². The van der Waals surface area contributed by atoms with Gasteiger partial charge in [0.15, 0.2) is 11.6 Å². The number of pyridine rings is 1. The van der Waals surface area contributed by atoms with Crippen molar-refractivity contribution in [2.45, 2.75) is 58.9 Å². The van der Waals surface area contributed by atoms with Crippen LogP contribution in [0, 0.1) is 18.6 Å². The number of piperazine rings is 1. The summed E-state index contributed by atoms with van der Waals surface area (Å²) in [5, 5.41) is 11.5. The Morgan fingerprint density at radius 2 is 1.82 bits per heavy atom. The molecule has 1 saturated heterocycles. The zero-order valence-corrected chi connectivity index (χ0v) is 25.6. The number of hydroxylamine groups is 1. The number of nitrogens with one attached hydrogen (secondary N) is 2. The highest BCUT2D eigenvalue weighted by Gasteiger charge is 2.24. The minimum absolute atomic E-state index is 0.0323. The fourth-order valence-corrected chi connectivity index (χ4v) is 5.61. The number of unbranched alkanes of at least 4 members (excludes halogenated alkanes) is 3. The van der Waals surface area contributed by atoms with Crippen molar-refractivity contribution in [3.8, 4) is 11.3 Å². The predicted octanol–water partition coefficient (Wildman–Crippen LogP) is 4.90. The first-order valence-corrected chi connectivity index (χ1v) is 15.0. The number of nitrogens with zero attached hydrogens (tertiary/aromatic N) is 7. The molecule has 45 heavy (non-hydrogen) atoms. The van der Waals surface area contributed by atoms with Gasteiger partial charge in [-0.3, -0.25) is 14.8 Å². The molecule has 4 aromatic rings. The molecule has 5 rings (SSSR count). The Balaban J connectivity index is 1.20. The molecule has 4 heterocycles. The van der Waals surface area contributed by atoms with E-state index in [2.05, 4.69) is 25.3 Å². The summed E-state index contributed by atoms with van der Waals surface area (Å²) in [6, 6.07) is 6.51. The molecule has 0 spiro atoms. The molecule has 12 nitrogen and oxygen atoms in total. The summed E-state index contributed by atoms with van der Waals surface area (Å²) in [5.74, 6) is -0.406. The van der Waals surface area contributed by atoms with Crippen LogP contribution in [-0.2, 0) is 9.59 Å². The number of fused-ring (bicyclic) bond motifs is 1. The number of halogens is 2. The molecule has 14 heteroatoms. The number of rotatable bonds is 12. The van der Waals surface area contributed by atoms with Crippen molar-refractivity contribution in [2.75, 3.05) is 36.4 Å². The first-order valence-electron chi connectivity index (χ1n) is 15.0. The molecular formula is C31H37F2N9O3. The second-order valence-corrected chi connectivity index (χ2v) is 11.4. The minimum atomic E-state index is -0.689. The second kappa shape index (κ2) is 13.9. The van der Waals surface area contributed by atoms with E-state index in [-0.39, 0.29) is 53.5 Å². The minimum Gasteiger partial charge on any atom is -0.359 e. The highest BCUT2D eigenvalue weighted by atomic mass is 19.1. The van der Waals surface area contributed by atoms with Crippen LogP contribution in [0.3, 0.4) is 0 Å². The largest absolute Gasteiger partial charge is 0.359 e. The molecule has 1 aliphatic rings. The lowest BCUT2D eigenvalue weighted by Crippen LogP contribution is -2.50. The Morgan fingerprint density at radius 1 is 1.02 bits per heavy atom. The Kier molecular flexibility index (Phi) is 9.81. The Bertz CT molecular complexity index is 1680. The molecule has 0 bridgehead atoms. The van der Waals surface area contributed by atoms with E-state index < -0.39 is 11.6 Å². The quantitative estimate of drug-likeness (QED) is 0.114. The first-order chi connectivity index (χ1) is 21.6. The number of aryl methyl sites for hydroxylation is 1. The lowest BCUT2D eigenvalue weighted by atomic mass is 10.1. The zero-order valence-electron chi connectivity index (χ0n) is 25.6. The number of benzene rings is 1. The number of hydrogen-bond donors (Lipinski definition) is 3. The number of carbonyl (C=O) groups is 2. The van der Waals surface area contributed by atoms with E-state index in [1.165, 1.54) is 6.07 Å². The van der Waals surface area contributed by atoms with Crippen LogP contribution in [0.4, 0.5) is 26.2 Å². The van der Waals surface area contributed by atoms with Gasteiger partial charge in [-0.15, -0.1) is 0 Å². The zero-order chi connectivity index (χ0) is 32.1. The molecule has 3 aromatic heterocycles. The number of carbonyl (C=O) groups excluding carboxylic acids is 2. The van der Waals surface area contributed by atoms with Gasteiger partial charge in [0.25, 0.3) is 0 Å². The maximum Gasteiger partial charge on any atom is 0.243 e. The maximum absolute atomic E-state index is 15.0. The van der Waals surface area contributed by atoms with Gasteiger partial charge < -0.3 is 19.7 Å². The molecule has 0 atom stereocenters. The lowest BCUT2D eigenvalue weighted by molar-refractivity contribution is -0.131. The molecule has 3 N–H and O–H groups in total. The van der Waals surface area contributed by atoms with Crippen molar-refractivity contribution in [2.24, 2.45) is 0 Å². The monoisotopic (exact) mass is 621 g/mol. The van der Waals surface area contributed by atoms with Gasteiger partial charge in [-0.05, 0) is 57.9 Å². The van der Waals surface area contributed by atoms with Gasteiger partial charge in [0.2, 0.25) is 17.8 Å². The molecule has 1 aliphatic heterocycles. The van der Waals surface area contributed by atoms with Crippen LogP contribution >= 0.6 is 0 Å². The van der Waals surface area contributed by atoms with Gasteiger partial charge in [0, 0.05) is 37.7 Å². The molecule has 0 unspecified atom stereocenters. The summed E-state index contributed by atoms with van der Waals surface area (Å²) >= 11 is 0. The van der Waals surface area contributed by atoms with E-state index in [0.29, 0.717) is 43.2 Å². The fraction of sp³-hybridized carbons (Fsp3) is 0.419. The fourth-order valence-electron chi connectivity index (χ4n) is 5.61. The van der Waals surface area contributed by atoms with Crippen molar-refractivity contribution in [3.63, 3.8) is 0 Å². The standard InChI is InChI=1S/C31H37F2N9O3/c1-19(2)42-20(3)36-30-23(32)14-21(15-25(30)42)29-24(33)17-35-31(38-29)37-26-10-9-22(16-34-26)41-13-12-40(28(44)18-41)11-7-5-4-6-8-27(43)39-45/h9-10,14-17,19,45H,4-8,11-13,18H2,1-3H3,(H,39,43)(H,34,35,37,38). The van der Waals surface area contributed by atoms with E-state index in [1.54, 1.807) is 30.7 Å². The molecule has 238 valence electrons. The maximum atomic E-state index is 15.0. The van der Waals surface area contributed by atoms with E-state index >= 15 is 4.39 Å². The van der Waals surface area contributed by atoms with Crippen LogP contribution in [-0.4, -0.2) is 72.6 Å². The van der Waals surface area contributed by atoms with E-state index in [4.69, 9.17) is 5.21 Å². The van der Waals surface area contributed by atoms with Crippen LogP contribution in [0.25, 0.3) is 22.3 Å². The van der Waals surface area contributed by atoms with Crippen LogP contribution in [0.5, 0.6) is 0 Å². The van der Waals surface area contributed by atoms with Crippen molar-refractivity contribution < 1.29 is 23.6 Å². The highest BCUT2D eigenvalue weighted by molar-refractivity contribution is 5.84. The number of hydrogen-bond acceptors (Lipinski definition) is 9. The SMILES string of the molecule is Cc1nc2c(F)cc(-c3nc(Nc4ccc(N5CCN(CCCCCCC(=O)NO)C(=O)C5)cn4)ncc3F)cc2n1C(C)C. The summed E-state index contributed by atoms with van der Waals surface area (Å²) in [7, 11) is 0. The molecule has 0 saturated carbocycles. The summed E-state index contributed by atoms with van der Waals surface area (Å²) in [5.41, 5.74) is 3.42. The first kappa shape index (κ1) is 31.7. The van der Waals surface area contributed by atoms with Gasteiger partial charge >= 0.3 is 0 Å². The third kappa shape index (κ3) is 7.33. The van der Waals surface area contributed by atoms with Crippen LogP contribution < -0.4 is 15.7 Å². The molecule has 1 fully saturated rings. The second-order valence-electron chi connectivity index (χ2n) is 11.4. The molecule has 0 radical (unpaired) electrons. The van der Waals surface area contributed by atoms with Gasteiger partial charge in [-0.2, -0.15) is 0 Å². The third-order valence-electron chi connectivity index (χ3n) is 7.84. The summed E-state index contributed by atoms with van der Waals surface area (Å²) < 4.78 is 31.8. The van der Waals surface area contributed by atoms with E-state index in [9.17, 15) is 14.0 Å². The van der Waals surface area contributed by atoms with Gasteiger partial charge in [0.05, 0.1) is 30.1 Å².